The maximum absolute atomic E-state index is 9.00. The van der Waals surface area contributed by atoms with Crippen LogP contribution in [0.5, 0.6) is 0 Å². The summed E-state index contributed by atoms with van der Waals surface area (Å²) in [5.41, 5.74) is 0.953. The Morgan fingerprint density at radius 1 is 1.00 bits per heavy atom. The van der Waals surface area contributed by atoms with Gasteiger partial charge in [0.15, 0.2) is 18.4 Å². The first kappa shape index (κ1) is 17.4. The van der Waals surface area contributed by atoms with Gasteiger partial charge in [-0.1, -0.05) is 30.3 Å². The summed E-state index contributed by atoms with van der Waals surface area (Å²) in [6.07, 6.45) is -2.00. The quantitative estimate of drug-likeness (QED) is 0.764. The second-order valence-electron chi connectivity index (χ2n) is 7.01. The average Bonchev–Trinajstić information content (AvgIpc) is 3.08. The Balaban J connectivity index is 1.54. The number of hydrogen-bond donors (Lipinski definition) is 2. The molecule has 0 bridgehead atoms. The molecular formula is C18H25NO6. The minimum Gasteiger partial charge on any atom is -0.395 e. The molecule has 0 amide bonds. The SMILES string of the molecule is CC1(C)O[C@H]2O[C@H]3[C@@H](O[C@@H](c4ccccc4)O[C@H]3CNCCO)[C@H]2O1. The average molecular weight is 351 g/mol. The van der Waals surface area contributed by atoms with Gasteiger partial charge in [-0.3, -0.25) is 0 Å². The molecule has 3 saturated heterocycles. The summed E-state index contributed by atoms with van der Waals surface area (Å²) in [5.74, 6) is -0.686. The highest BCUT2D eigenvalue weighted by atomic mass is 16.9. The van der Waals surface area contributed by atoms with Crippen molar-refractivity contribution < 1.29 is 28.8 Å². The van der Waals surface area contributed by atoms with E-state index in [1.54, 1.807) is 0 Å². The van der Waals surface area contributed by atoms with Crippen LogP contribution in [0, 0.1) is 0 Å². The van der Waals surface area contributed by atoms with E-state index in [0.29, 0.717) is 13.1 Å². The maximum atomic E-state index is 9.00. The first-order valence-electron chi connectivity index (χ1n) is 8.76. The molecular weight excluding hydrogens is 326 g/mol. The summed E-state index contributed by atoms with van der Waals surface area (Å²) in [4.78, 5) is 0. The molecule has 3 fully saturated rings. The van der Waals surface area contributed by atoms with Crippen LogP contribution in [0.25, 0.3) is 0 Å². The molecule has 138 valence electrons. The van der Waals surface area contributed by atoms with Crippen LogP contribution in [0.3, 0.4) is 0 Å². The molecule has 0 radical (unpaired) electrons. The van der Waals surface area contributed by atoms with Gasteiger partial charge in [0.1, 0.15) is 24.4 Å². The summed E-state index contributed by atoms with van der Waals surface area (Å²) in [5, 5.41) is 12.2. The Labute approximate surface area is 147 Å². The van der Waals surface area contributed by atoms with Gasteiger partial charge >= 0.3 is 0 Å². The van der Waals surface area contributed by atoms with Gasteiger partial charge in [0, 0.05) is 18.7 Å². The molecule has 3 aliphatic rings. The lowest BCUT2D eigenvalue weighted by Crippen LogP contribution is -2.52. The largest absolute Gasteiger partial charge is 0.395 e. The van der Waals surface area contributed by atoms with Gasteiger partial charge in [0.05, 0.1) is 6.61 Å². The van der Waals surface area contributed by atoms with Crippen LogP contribution in [0.1, 0.15) is 25.7 Å². The van der Waals surface area contributed by atoms with Crippen LogP contribution >= 0.6 is 0 Å². The van der Waals surface area contributed by atoms with Gasteiger partial charge in [-0.05, 0) is 13.8 Å². The Bertz CT molecular complexity index is 582. The van der Waals surface area contributed by atoms with Gasteiger partial charge in [-0.25, -0.2) is 0 Å². The van der Waals surface area contributed by atoms with Crippen LogP contribution in [-0.2, 0) is 23.7 Å². The zero-order chi connectivity index (χ0) is 17.4. The number of rotatable bonds is 5. The highest BCUT2D eigenvalue weighted by Crippen LogP contribution is 2.44. The van der Waals surface area contributed by atoms with E-state index in [4.69, 9.17) is 28.8 Å². The number of aliphatic hydroxyl groups is 1. The van der Waals surface area contributed by atoms with E-state index in [1.807, 2.05) is 44.2 Å². The molecule has 3 aliphatic heterocycles. The third-order valence-corrected chi connectivity index (χ3v) is 4.68. The van der Waals surface area contributed by atoms with Crippen molar-refractivity contribution in [3.05, 3.63) is 35.9 Å². The van der Waals surface area contributed by atoms with Gasteiger partial charge < -0.3 is 34.1 Å². The van der Waals surface area contributed by atoms with Crippen LogP contribution in [-0.4, -0.2) is 61.3 Å². The Hall–Kier alpha value is -1.06. The number of aliphatic hydroxyl groups excluding tert-OH is 1. The van der Waals surface area contributed by atoms with Gasteiger partial charge in [-0.2, -0.15) is 0 Å². The van der Waals surface area contributed by atoms with Gasteiger partial charge in [0.2, 0.25) is 0 Å². The highest BCUT2D eigenvalue weighted by Gasteiger charge is 2.59. The zero-order valence-corrected chi connectivity index (χ0v) is 14.5. The van der Waals surface area contributed by atoms with Crippen molar-refractivity contribution in [1.29, 1.82) is 0 Å². The van der Waals surface area contributed by atoms with Crippen molar-refractivity contribution in [2.45, 2.75) is 56.6 Å². The summed E-state index contributed by atoms with van der Waals surface area (Å²) in [7, 11) is 0. The maximum Gasteiger partial charge on any atom is 0.190 e. The monoisotopic (exact) mass is 351 g/mol. The molecule has 0 unspecified atom stereocenters. The number of ether oxygens (including phenoxy) is 5. The first-order chi connectivity index (χ1) is 12.1. The van der Waals surface area contributed by atoms with Crippen LogP contribution in [0.15, 0.2) is 30.3 Å². The van der Waals surface area contributed by atoms with E-state index in [2.05, 4.69) is 5.32 Å². The van der Waals surface area contributed by atoms with Crippen molar-refractivity contribution in [3.8, 4) is 0 Å². The van der Waals surface area contributed by atoms with E-state index in [9.17, 15) is 0 Å². The molecule has 3 heterocycles. The van der Waals surface area contributed by atoms with E-state index in [1.165, 1.54) is 0 Å². The van der Waals surface area contributed by atoms with Crippen LogP contribution in [0.4, 0.5) is 0 Å². The van der Waals surface area contributed by atoms with E-state index in [0.717, 1.165) is 5.56 Å². The van der Waals surface area contributed by atoms with Crippen molar-refractivity contribution >= 4 is 0 Å². The molecule has 0 spiro atoms. The molecule has 7 heteroatoms. The predicted molar refractivity (Wildman–Crippen MR) is 87.6 cm³/mol. The second-order valence-corrected chi connectivity index (χ2v) is 7.01. The fourth-order valence-electron chi connectivity index (χ4n) is 3.62. The molecule has 0 aromatic heterocycles. The van der Waals surface area contributed by atoms with Crippen molar-refractivity contribution in [1.82, 2.24) is 5.32 Å². The zero-order valence-electron chi connectivity index (χ0n) is 14.5. The van der Waals surface area contributed by atoms with Crippen molar-refractivity contribution in [2.75, 3.05) is 19.7 Å². The lowest BCUT2D eigenvalue weighted by Gasteiger charge is -2.39. The van der Waals surface area contributed by atoms with E-state index in [-0.39, 0.29) is 31.0 Å². The molecule has 1 aromatic carbocycles. The first-order valence-corrected chi connectivity index (χ1v) is 8.76. The summed E-state index contributed by atoms with van der Waals surface area (Å²) < 4.78 is 30.3. The van der Waals surface area contributed by atoms with Crippen LogP contribution in [0.2, 0.25) is 0 Å². The summed E-state index contributed by atoms with van der Waals surface area (Å²) in [6, 6.07) is 9.83. The summed E-state index contributed by atoms with van der Waals surface area (Å²) in [6.45, 7) is 4.88. The lowest BCUT2D eigenvalue weighted by molar-refractivity contribution is -0.308. The second kappa shape index (κ2) is 6.92. The number of fused-ring (bicyclic) bond motifs is 3. The smallest absolute Gasteiger partial charge is 0.190 e. The predicted octanol–water partition coefficient (Wildman–Crippen LogP) is 0.927. The Morgan fingerprint density at radius 3 is 2.56 bits per heavy atom. The molecule has 2 N–H and O–H groups in total. The highest BCUT2D eigenvalue weighted by molar-refractivity contribution is 5.17. The number of hydrogen-bond acceptors (Lipinski definition) is 7. The third kappa shape index (κ3) is 3.46. The van der Waals surface area contributed by atoms with Crippen molar-refractivity contribution in [3.63, 3.8) is 0 Å². The standard InChI is InChI=1S/C18H25NO6/c1-18(2)24-15-14-13(22-17(15)25-18)12(10-19-8-9-20)21-16(23-14)11-6-4-3-5-7-11/h3-7,12-17,19-20H,8-10H2,1-2H3/t12-,13+,14+,15+,16-,17+/m0/s1. The molecule has 0 aliphatic carbocycles. The topological polar surface area (TPSA) is 78.4 Å². The normalized spacial score (nSPS) is 39.2. The Morgan fingerprint density at radius 2 is 1.80 bits per heavy atom. The van der Waals surface area contributed by atoms with E-state index < -0.39 is 18.4 Å². The van der Waals surface area contributed by atoms with Crippen LogP contribution < -0.4 is 5.32 Å². The van der Waals surface area contributed by atoms with E-state index >= 15 is 0 Å². The van der Waals surface area contributed by atoms with Gasteiger partial charge in [-0.15, -0.1) is 0 Å². The third-order valence-electron chi connectivity index (χ3n) is 4.68. The molecule has 6 atom stereocenters. The molecule has 4 rings (SSSR count). The fraction of sp³-hybridized carbons (Fsp3) is 0.667. The fourth-order valence-corrected chi connectivity index (χ4v) is 3.62. The molecule has 0 saturated carbocycles. The molecule has 1 aromatic rings. The molecule has 7 nitrogen and oxygen atoms in total. The number of benzene rings is 1. The minimum absolute atomic E-state index is 0.0753. The lowest BCUT2D eigenvalue weighted by atomic mass is 10.0. The summed E-state index contributed by atoms with van der Waals surface area (Å²) >= 11 is 0. The number of nitrogens with one attached hydrogen (secondary N) is 1. The molecule has 25 heavy (non-hydrogen) atoms. The Kier molecular flexibility index (Phi) is 4.81. The van der Waals surface area contributed by atoms with Crippen molar-refractivity contribution in [2.24, 2.45) is 0 Å². The minimum atomic E-state index is -0.686. The van der Waals surface area contributed by atoms with Gasteiger partial charge in [0.25, 0.3) is 0 Å².